The lowest BCUT2D eigenvalue weighted by Gasteiger charge is -2.37. The zero-order valence-electron chi connectivity index (χ0n) is 22.8. The van der Waals surface area contributed by atoms with Gasteiger partial charge in [0, 0.05) is 30.2 Å². The fraction of sp³-hybridized carbons (Fsp3) is 0.567. The zero-order valence-corrected chi connectivity index (χ0v) is 24.4. The van der Waals surface area contributed by atoms with Gasteiger partial charge in [-0.2, -0.15) is 0 Å². The lowest BCUT2D eigenvalue weighted by Crippen LogP contribution is -2.57. The van der Waals surface area contributed by atoms with Crippen molar-refractivity contribution in [1.82, 2.24) is 4.90 Å². The van der Waals surface area contributed by atoms with Crippen LogP contribution < -0.4 is 4.90 Å². The van der Waals surface area contributed by atoms with Crippen LogP contribution in [0.5, 0.6) is 0 Å². The minimum atomic E-state index is -1.15. The highest BCUT2D eigenvalue weighted by Gasteiger charge is 2.77. The number of carbonyl (C=O) groups is 3. The summed E-state index contributed by atoms with van der Waals surface area (Å²) < 4.78 is 12.1. The molecule has 2 amide bonds. The number of aliphatic hydroxyl groups is 1. The Labute approximate surface area is 239 Å². The summed E-state index contributed by atoms with van der Waals surface area (Å²) in [4.78, 5) is 45.2. The first-order valence-corrected chi connectivity index (χ1v) is 14.6. The van der Waals surface area contributed by atoms with Gasteiger partial charge in [0.05, 0.1) is 24.5 Å². The summed E-state index contributed by atoms with van der Waals surface area (Å²) in [7, 11) is 0. The molecule has 2 bridgehead atoms. The van der Waals surface area contributed by atoms with Gasteiger partial charge in [0.1, 0.15) is 11.6 Å². The molecular formula is C30H39BrN2O6. The molecule has 0 saturated carbocycles. The van der Waals surface area contributed by atoms with Crippen LogP contribution in [-0.2, 0) is 23.9 Å². The van der Waals surface area contributed by atoms with Gasteiger partial charge in [-0.25, -0.2) is 0 Å². The molecule has 1 aromatic rings. The quantitative estimate of drug-likeness (QED) is 0.159. The number of ether oxygens (including phenoxy) is 2. The molecule has 3 heterocycles. The second-order valence-electron chi connectivity index (χ2n) is 10.7. The third-order valence-corrected chi connectivity index (χ3v) is 9.05. The number of aliphatic hydroxyl groups excluding tert-OH is 1. The molecule has 3 aliphatic rings. The summed E-state index contributed by atoms with van der Waals surface area (Å²) in [6.45, 7) is 12.3. The number of rotatable bonds is 13. The number of anilines is 1. The zero-order chi connectivity index (χ0) is 28.3. The van der Waals surface area contributed by atoms with E-state index in [1.54, 1.807) is 22.0 Å². The van der Waals surface area contributed by atoms with Crippen molar-refractivity contribution in [2.75, 3.05) is 31.2 Å². The number of alkyl halides is 1. The van der Waals surface area contributed by atoms with Crippen molar-refractivity contribution in [3.8, 4) is 0 Å². The number of benzene rings is 1. The molecule has 3 unspecified atom stereocenters. The molecule has 3 saturated heterocycles. The number of unbranched alkanes of at least 4 members (excludes halogenated alkanes) is 2. The van der Waals surface area contributed by atoms with E-state index in [-0.39, 0.29) is 36.4 Å². The molecule has 0 aliphatic carbocycles. The number of para-hydroxylation sites is 1. The number of hydrogen-bond donors (Lipinski definition) is 1. The van der Waals surface area contributed by atoms with Gasteiger partial charge in [-0.15, -0.1) is 13.2 Å². The van der Waals surface area contributed by atoms with Gasteiger partial charge < -0.3 is 24.4 Å². The van der Waals surface area contributed by atoms with Crippen LogP contribution in [0.1, 0.15) is 43.2 Å². The van der Waals surface area contributed by atoms with Crippen LogP contribution in [0.4, 0.5) is 5.69 Å². The molecule has 8 nitrogen and oxygen atoms in total. The van der Waals surface area contributed by atoms with E-state index in [2.05, 4.69) is 29.1 Å². The van der Waals surface area contributed by atoms with Crippen LogP contribution >= 0.6 is 15.9 Å². The molecule has 3 fully saturated rings. The normalized spacial score (nSPS) is 28.9. The van der Waals surface area contributed by atoms with E-state index in [4.69, 9.17) is 9.47 Å². The Bertz CT molecular complexity index is 1100. The van der Waals surface area contributed by atoms with E-state index in [0.717, 1.165) is 16.8 Å². The molecule has 39 heavy (non-hydrogen) atoms. The number of likely N-dealkylation sites (tertiary alicyclic amines) is 1. The highest BCUT2D eigenvalue weighted by Crippen LogP contribution is 2.60. The smallest absolute Gasteiger partial charge is 0.312 e. The Balaban J connectivity index is 1.76. The maximum Gasteiger partial charge on any atom is 0.312 e. The SMILES string of the molecule is C=CCCOC(=O)[C@H]1[C@@H]2OC3(CC2Br)C(C(=O)N(CC=C)c2c(C)cccc2C)N(CCCCCO)C(=O)[C@H]13. The van der Waals surface area contributed by atoms with E-state index < -0.39 is 35.6 Å². The number of halogens is 1. The van der Waals surface area contributed by atoms with Crippen LogP contribution in [0.2, 0.25) is 0 Å². The molecule has 0 radical (unpaired) electrons. The highest BCUT2D eigenvalue weighted by molar-refractivity contribution is 9.09. The largest absolute Gasteiger partial charge is 0.465 e. The van der Waals surface area contributed by atoms with E-state index in [1.165, 1.54) is 0 Å². The van der Waals surface area contributed by atoms with Gasteiger partial charge in [-0.1, -0.05) is 46.3 Å². The second kappa shape index (κ2) is 12.4. The molecule has 1 N–H and O–H groups in total. The Morgan fingerprint density at radius 2 is 1.95 bits per heavy atom. The molecule has 9 heteroatoms. The predicted molar refractivity (Wildman–Crippen MR) is 153 cm³/mol. The fourth-order valence-corrected chi connectivity index (χ4v) is 7.57. The average Bonchev–Trinajstić information content (AvgIpc) is 3.49. The molecule has 212 valence electrons. The minimum absolute atomic E-state index is 0.0667. The number of hydrogen-bond acceptors (Lipinski definition) is 6. The van der Waals surface area contributed by atoms with Gasteiger partial charge >= 0.3 is 5.97 Å². The van der Waals surface area contributed by atoms with Gasteiger partial charge in [0.25, 0.3) is 5.91 Å². The van der Waals surface area contributed by atoms with Gasteiger partial charge in [0.15, 0.2) is 0 Å². The molecule has 1 aromatic carbocycles. The predicted octanol–water partition coefficient (Wildman–Crippen LogP) is 3.85. The van der Waals surface area contributed by atoms with Crippen LogP contribution in [0.15, 0.2) is 43.5 Å². The Hall–Kier alpha value is -2.49. The second-order valence-corrected chi connectivity index (χ2v) is 11.9. The summed E-state index contributed by atoms with van der Waals surface area (Å²) in [5.74, 6) is -2.57. The standard InChI is InChI=1S/C30H39BrN2O6/c1-5-7-17-38-29(37)22-23-27(35)33(15-9-8-10-16-34)26(30(23)18-21(31)25(22)39-30)28(36)32(14-6-2)24-19(3)12-11-13-20(24)4/h5-6,11-13,21-23,25-26,34H,1-2,7-10,14-18H2,3-4H3/t21?,22-,23+,25-,26?,30?/m1/s1. The monoisotopic (exact) mass is 602 g/mol. The molecule has 6 atom stereocenters. The number of esters is 1. The molecule has 3 aliphatic heterocycles. The van der Waals surface area contributed by atoms with E-state index in [0.29, 0.717) is 38.6 Å². The van der Waals surface area contributed by atoms with Gasteiger partial charge in [-0.05, 0) is 57.1 Å². The van der Waals surface area contributed by atoms with E-state index in [1.807, 2.05) is 32.0 Å². The van der Waals surface area contributed by atoms with E-state index >= 15 is 0 Å². The van der Waals surface area contributed by atoms with Crippen molar-refractivity contribution < 1.29 is 29.0 Å². The number of fused-ring (bicyclic) bond motifs is 1. The van der Waals surface area contributed by atoms with Crippen molar-refractivity contribution in [1.29, 1.82) is 0 Å². The van der Waals surface area contributed by atoms with Crippen molar-refractivity contribution in [2.24, 2.45) is 11.8 Å². The molecule has 1 spiro atoms. The van der Waals surface area contributed by atoms with Crippen LogP contribution in [0.25, 0.3) is 0 Å². The molecule has 0 aromatic heterocycles. The number of amides is 2. The number of carbonyl (C=O) groups excluding carboxylic acids is 3. The Kier molecular flexibility index (Phi) is 9.34. The van der Waals surface area contributed by atoms with E-state index in [9.17, 15) is 19.5 Å². The Morgan fingerprint density at radius 1 is 1.23 bits per heavy atom. The summed E-state index contributed by atoms with van der Waals surface area (Å²) in [6.07, 6.45) is 5.68. The van der Waals surface area contributed by atoms with Crippen molar-refractivity contribution in [3.63, 3.8) is 0 Å². The van der Waals surface area contributed by atoms with Crippen LogP contribution in [0.3, 0.4) is 0 Å². The molecular weight excluding hydrogens is 564 g/mol. The first-order chi connectivity index (χ1) is 18.7. The summed E-state index contributed by atoms with van der Waals surface area (Å²) in [5.41, 5.74) is 1.52. The van der Waals surface area contributed by atoms with Gasteiger partial charge in [-0.3, -0.25) is 14.4 Å². The highest BCUT2D eigenvalue weighted by atomic mass is 79.9. The summed E-state index contributed by atoms with van der Waals surface area (Å²) >= 11 is 3.70. The van der Waals surface area contributed by atoms with Crippen molar-refractivity contribution in [3.05, 3.63) is 54.6 Å². The third kappa shape index (κ3) is 5.21. The van der Waals surface area contributed by atoms with Crippen molar-refractivity contribution >= 4 is 39.4 Å². The average molecular weight is 604 g/mol. The Morgan fingerprint density at radius 3 is 2.59 bits per heavy atom. The first kappa shape index (κ1) is 29.5. The minimum Gasteiger partial charge on any atom is -0.465 e. The lowest BCUT2D eigenvalue weighted by atomic mass is 9.70. The topological polar surface area (TPSA) is 96.4 Å². The first-order valence-electron chi connectivity index (χ1n) is 13.7. The lowest BCUT2D eigenvalue weighted by molar-refractivity contribution is -0.154. The van der Waals surface area contributed by atoms with Gasteiger partial charge in [0.2, 0.25) is 5.91 Å². The third-order valence-electron chi connectivity index (χ3n) is 8.21. The maximum absolute atomic E-state index is 14.6. The maximum atomic E-state index is 14.6. The molecule has 4 rings (SSSR count). The number of aryl methyl sites for hydroxylation is 2. The summed E-state index contributed by atoms with van der Waals surface area (Å²) in [6, 6.07) is 4.96. The van der Waals surface area contributed by atoms with Crippen LogP contribution in [-0.4, -0.2) is 76.7 Å². The fourth-order valence-electron chi connectivity index (χ4n) is 6.63. The van der Waals surface area contributed by atoms with Crippen LogP contribution in [0, 0.1) is 25.7 Å². The van der Waals surface area contributed by atoms with Crippen molar-refractivity contribution in [2.45, 2.75) is 68.5 Å². The number of nitrogens with zero attached hydrogens (tertiary/aromatic N) is 2. The summed E-state index contributed by atoms with van der Waals surface area (Å²) in [5, 5.41) is 9.26.